The van der Waals surface area contributed by atoms with Crippen LogP contribution in [0.4, 0.5) is 0 Å². The van der Waals surface area contributed by atoms with Gasteiger partial charge in [-0.15, -0.1) is 0 Å². The molecule has 0 aliphatic heterocycles. The van der Waals surface area contributed by atoms with Gasteiger partial charge >= 0.3 is 17.9 Å². The van der Waals surface area contributed by atoms with Crippen molar-refractivity contribution >= 4 is 56.4 Å². The Kier molecular flexibility index (Phi) is 10.7. The van der Waals surface area contributed by atoms with Gasteiger partial charge in [-0.05, 0) is 54.2 Å². The Labute approximate surface area is 252 Å². The Hall–Kier alpha value is -5.64. The van der Waals surface area contributed by atoms with Crippen LogP contribution in [0.3, 0.4) is 0 Å². The van der Waals surface area contributed by atoms with Gasteiger partial charge in [0.25, 0.3) is 0 Å². The number of rotatable bonds is 10. The molecule has 3 aromatic carbocycles. The first-order valence-corrected chi connectivity index (χ1v) is 14.1. The largest absolute Gasteiger partial charge is 0.481 e. The quantitative estimate of drug-likeness (QED) is 0.103. The van der Waals surface area contributed by atoms with Gasteiger partial charge in [0.15, 0.2) is 0 Å². The molecule has 0 aliphatic carbocycles. The Bertz CT molecular complexity index is 1900. The molecule has 44 heavy (non-hydrogen) atoms. The number of para-hydroxylation sites is 3. The molecule has 0 spiro atoms. The number of Topliss-reactive ketones (excluding diaryl/α,β-unsaturated/α-hetero) is 1. The van der Waals surface area contributed by atoms with Crippen molar-refractivity contribution < 1.29 is 34.5 Å². The van der Waals surface area contributed by atoms with Gasteiger partial charge in [-0.1, -0.05) is 54.6 Å². The smallest absolute Gasteiger partial charge is 0.372 e. The lowest BCUT2D eigenvalue weighted by Gasteiger charge is -1.96. The average Bonchev–Trinajstić information content (AvgIpc) is 3.74. The third-order valence-corrected chi connectivity index (χ3v) is 7.06. The molecule has 6 rings (SSSR count). The highest BCUT2D eigenvalue weighted by atomic mass is 16.4. The molecule has 3 aromatic heterocycles. The van der Waals surface area contributed by atoms with Gasteiger partial charge in [0, 0.05) is 70.6 Å². The summed E-state index contributed by atoms with van der Waals surface area (Å²) in [4.78, 5) is 51.5. The standard InChI is InChI=1S/C12H13NO2.C11H9NO3.C11H11NO2/c14-12(15)7-3-4-9-8-13-11-6-2-1-5-10(9)11;13-10(11(14)15)5-7-6-12-9-4-2-1-3-8(7)9;13-11(14)6-5-8-7-12-10-4-2-1-3-9(8)10/h1-2,5-6,8,13H,3-4,7H2,(H,14,15);1-4,6,12H,5H2,(H,14,15);1-4,7,12H,5-6H2,(H,13,14). The van der Waals surface area contributed by atoms with E-state index in [1.165, 1.54) is 10.9 Å². The van der Waals surface area contributed by atoms with Crippen molar-refractivity contribution in [2.75, 3.05) is 0 Å². The number of aromatic amines is 3. The zero-order valence-corrected chi connectivity index (χ0v) is 23.9. The van der Waals surface area contributed by atoms with E-state index in [0.717, 1.165) is 44.9 Å². The van der Waals surface area contributed by atoms with E-state index in [9.17, 15) is 19.2 Å². The predicted molar refractivity (Wildman–Crippen MR) is 168 cm³/mol. The number of nitrogens with one attached hydrogen (secondary N) is 3. The SMILES string of the molecule is O=C(O)C(=O)Cc1c[nH]c2ccccc12.O=C(O)CCCc1c[nH]c2ccccc12.O=C(O)CCc1c[nH]c2ccccc12. The molecule has 226 valence electrons. The molecule has 10 heteroatoms. The van der Waals surface area contributed by atoms with Gasteiger partial charge in [-0.25, -0.2) is 4.79 Å². The maximum Gasteiger partial charge on any atom is 0.372 e. The number of hydrogen-bond donors (Lipinski definition) is 6. The van der Waals surface area contributed by atoms with Crippen LogP contribution in [0.5, 0.6) is 0 Å². The third-order valence-electron chi connectivity index (χ3n) is 7.06. The lowest BCUT2D eigenvalue weighted by Crippen LogP contribution is -2.14. The number of fused-ring (bicyclic) bond motifs is 3. The summed E-state index contributed by atoms with van der Waals surface area (Å²) >= 11 is 0. The second kappa shape index (κ2) is 15.0. The molecule has 0 aliphatic rings. The summed E-state index contributed by atoms with van der Waals surface area (Å²) < 4.78 is 0. The van der Waals surface area contributed by atoms with Gasteiger partial charge in [0.05, 0.1) is 0 Å². The Balaban J connectivity index is 0.000000151. The van der Waals surface area contributed by atoms with Crippen LogP contribution in [-0.2, 0) is 38.4 Å². The molecule has 0 saturated carbocycles. The van der Waals surface area contributed by atoms with E-state index >= 15 is 0 Å². The van der Waals surface area contributed by atoms with E-state index in [1.54, 1.807) is 6.20 Å². The number of aromatic nitrogens is 3. The zero-order chi connectivity index (χ0) is 31.5. The van der Waals surface area contributed by atoms with E-state index in [0.29, 0.717) is 12.8 Å². The average molecular weight is 596 g/mol. The fourth-order valence-corrected chi connectivity index (χ4v) is 4.88. The van der Waals surface area contributed by atoms with Crippen molar-refractivity contribution in [1.82, 2.24) is 15.0 Å². The van der Waals surface area contributed by atoms with E-state index < -0.39 is 23.7 Å². The van der Waals surface area contributed by atoms with Crippen LogP contribution in [-0.4, -0.2) is 54.0 Å². The first-order valence-electron chi connectivity index (χ1n) is 14.1. The normalized spacial score (nSPS) is 10.5. The number of carboxylic acid groups (broad SMARTS) is 3. The Morgan fingerprint density at radius 3 is 1.39 bits per heavy atom. The monoisotopic (exact) mass is 595 g/mol. The second-order valence-electron chi connectivity index (χ2n) is 10.1. The summed E-state index contributed by atoms with van der Waals surface area (Å²) in [6.45, 7) is 0. The fraction of sp³-hybridized carbons (Fsp3) is 0.176. The minimum absolute atomic E-state index is 0.0701. The van der Waals surface area contributed by atoms with E-state index in [-0.39, 0.29) is 19.3 Å². The summed E-state index contributed by atoms with van der Waals surface area (Å²) in [5.41, 5.74) is 6.08. The molecule has 10 nitrogen and oxygen atoms in total. The van der Waals surface area contributed by atoms with Crippen LogP contribution in [0.15, 0.2) is 91.4 Å². The lowest BCUT2D eigenvalue weighted by molar-refractivity contribution is -0.148. The number of carboxylic acids is 3. The third kappa shape index (κ3) is 8.45. The second-order valence-corrected chi connectivity index (χ2v) is 10.1. The summed E-state index contributed by atoms with van der Waals surface area (Å²) in [7, 11) is 0. The molecule has 6 N–H and O–H groups in total. The fourth-order valence-electron chi connectivity index (χ4n) is 4.88. The highest BCUT2D eigenvalue weighted by Gasteiger charge is 2.14. The molecule has 0 saturated heterocycles. The summed E-state index contributed by atoms with van der Waals surface area (Å²) in [6.07, 6.45) is 7.96. The molecule has 0 atom stereocenters. The topological polar surface area (TPSA) is 176 Å². The van der Waals surface area contributed by atoms with Gasteiger partial charge in [0.2, 0.25) is 5.78 Å². The summed E-state index contributed by atoms with van der Waals surface area (Å²) in [5.74, 6) is -3.66. The van der Waals surface area contributed by atoms with Crippen LogP contribution in [0.2, 0.25) is 0 Å². The Morgan fingerprint density at radius 2 is 0.932 bits per heavy atom. The first-order chi connectivity index (χ1) is 21.2. The van der Waals surface area contributed by atoms with Crippen molar-refractivity contribution in [2.45, 2.75) is 38.5 Å². The molecule has 0 amide bonds. The zero-order valence-electron chi connectivity index (χ0n) is 23.9. The van der Waals surface area contributed by atoms with Crippen molar-refractivity contribution in [1.29, 1.82) is 0 Å². The van der Waals surface area contributed by atoms with E-state index in [1.807, 2.05) is 79.1 Å². The van der Waals surface area contributed by atoms with Crippen LogP contribution < -0.4 is 0 Å². The minimum atomic E-state index is -1.39. The van der Waals surface area contributed by atoms with E-state index in [2.05, 4.69) is 21.0 Å². The van der Waals surface area contributed by atoms with Crippen LogP contribution in [0, 0.1) is 0 Å². The molecule has 0 radical (unpaired) electrons. The summed E-state index contributed by atoms with van der Waals surface area (Å²) in [6, 6.07) is 23.4. The van der Waals surface area contributed by atoms with Gasteiger partial charge in [0.1, 0.15) is 0 Å². The maximum absolute atomic E-state index is 11.0. The number of benzene rings is 3. The highest BCUT2D eigenvalue weighted by Crippen LogP contribution is 2.20. The number of carbonyl (C=O) groups is 4. The molecule has 3 heterocycles. The van der Waals surface area contributed by atoms with Crippen molar-refractivity contribution in [3.05, 3.63) is 108 Å². The van der Waals surface area contributed by atoms with Crippen LogP contribution in [0.25, 0.3) is 32.7 Å². The molecule has 0 unspecified atom stereocenters. The van der Waals surface area contributed by atoms with Gasteiger partial charge < -0.3 is 30.3 Å². The van der Waals surface area contributed by atoms with Crippen molar-refractivity contribution in [2.24, 2.45) is 0 Å². The van der Waals surface area contributed by atoms with Crippen molar-refractivity contribution in [3.8, 4) is 0 Å². The number of H-pyrrole nitrogens is 3. The highest BCUT2D eigenvalue weighted by molar-refractivity contribution is 6.33. The van der Waals surface area contributed by atoms with Gasteiger partial charge in [-0.3, -0.25) is 14.4 Å². The lowest BCUT2D eigenvalue weighted by atomic mass is 10.1. The molecular formula is C34H33N3O7. The van der Waals surface area contributed by atoms with Crippen molar-refractivity contribution in [3.63, 3.8) is 0 Å². The molecule has 0 fully saturated rings. The molecule has 6 aromatic rings. The van der Waals surface area contributed by atoms with Crippen LogP contribution in [0.1, 0.15) is 36.0 Å². The minimum Gasteiger partial charge on any atom is -0.481 e. The van der Waals surface area contributed by atoms with Crippen LogP contribution >= 0.6 is 0 Å². The number of carbonyl (C=O) groups excluding carboxylic acids is 1. The summed E-state index contributed by atoms with van der Waals surface area (Å²) in [5, 5.41) is 28.8. The molecule has 0 bridgehead atoms. The Morgan fingerprint density at radius 1 is 0.523 bits per heavy atom. The number of ketones is 1. The van der Waals surface area contributed by atoms with E-state index in [4.69, 9.17) is 15.3 Å². The number of aryl methyl sites for hydroxylation is 2. The van der Waals surface area contributed by atoms with Gasteiger partial charge in [-0.2, -0.15) is 0 Å². The first kappa shape index (κ1) is 31.3. The maximum atomic E-state index is 11.0. The number of aliphatic carboxylic acids is 3. The number of hydrogen-bond acceptors (Lipinski definition) is 4. The predicted octanol–water partition coefficient (Wildman–Crippen LogP) is 6.12. The molecular weight excluding hydrogens is 562 g/mol.